The van der Waals surface area contributed by atoms with Gasteiger partial charge in [0.05, 0.1) is 17.3 Å². The second-order valence-electron chi connectivity index (χ2n) is 16.2. The monoisotopic (exact) mass is 806 g/mol. The van der Waals surface area contributed by atoms with Crippen LogP contribution < -0.4 is 16.6 Å². The van der Waals surface area contributed by atoms with Crippen LogP contribution in [-0.2, 0) is 11.3 Å². The molecule has 1 saturated heterocycles. The molecule has 8 rings (SSSR count). The normalized spacial score (nSPS) is 17.7. The Morgan fingerprint density at radius 3 is 2.41 bits per heavy atom. The quantitative estimate of drug-likeness (QED) is 0.203. The van der Waals surface area contributed by atoms with E-state index in [0.717, 1.165) is 22.4 Å². The molecule has 306 valence electrons. The molecule has 2 aliphatic rings. The van der Waals surface area contributed by atoms with Crippen molar-refractivity contribution in [3.8, 4) is 22.6 Å². The number of aromatic hydroxyl groups is 1. The Morgan fingerprint density at radius 1 is 0.915 bits per heavy atom. The first-order valence-electron chi connectivity index (χ1n) is 19.6. The Hall–Kier alpha value is -6.42. The SMILES string of the molecule is CC(C)(C)OC(=O)N1CCN(Cc2ccc(-c3cccc(-n4c(=O)n([C@H]5CC[C@@H](NC(=O)c6cn7cc(F)ccc7n6)CC5)c(=O)c5cc(F)cnc54)c3)c(O)c2)CC1. The molecule has 16 heteroatoms. The molecule has 59 heavy (non-hydrogen) atoms. The number of phenolic OH excluding ortho intramolecular Hbond substituents is 1. The highest BCUT2D eigenvalue weighted by molar-refractivity contribution is 5.93. The zero-order valence-corrected chi connectivity index (χ0v) is 32.9. The number of fused-ring (bicyclic) bond motifs is 2. The van der Waals surface area contributed by atoms with E-state index in [1.165, 1.54) is 33.5 Å². The number of aromatic nitrogens is 5. The number of carbonyl (C=O) groups is 2. The van der Waals surface area contributed by atoms with Crippen molar-refractivity contribution in [2.75, 3.05) is 26.2 Å². The molecule has 5 heterocycles. The summed E-state index contributed by atoms with van der Waals surface area (Å²) in [6.07, 6.45) is 4.99. The summed E-state index contributed by atoms with van der Waals surface area (Å²) in [6, 6.07) is 15.4. The molecule has 0 unspecified atom stereocenters. The lowest BCUT2D eigenvalue weighted by Crippen LogP contribution is -2.49. The summed E-state index contributed by atoms with van der Waals surface area (Å²) in [5.41, 5.74) is 1.07. The van der Waals surface area contributed by atoms with Gasteiger partial charge < -0.3 is 24.5 Å². The Labute approximate surface area is 337 Å². The van der Waals surface area contributed by atoms with Crippen LogP contribution in [0.2, 0.25) is 0 Å². The third-order valence-corrected chi connectivity index (χ3v) is 10.8. The third kappa shape index (κ3) is 8.30. The van der Waals surface area contributed by atoms with Gasteiger partial charge in [-0.05, 0) is 94.0 Å². The van der Waals surface area contributed by atoms with Gasteiger partial charge in [-0.15, -0.1) is 0 Å². The van der Waals surface area contributed by atoms with Crippen LogP contribution in [0, 0.1) is 11.6 Å². The van der Waals surface area contributed by atoms with Crippen molar-refractivity contribution in [3.63, 3.8) is 0 Å². The minimum Gasteiger partial charge on any atom is -0.507 e. The maximum atomic E-state index is 14.6. The molecule has 0 spiro atoms. The maximum absolute atomic E-state index is 14.6. The summed E-state index contributed by atoms with van der Waals surface area (Å²) in [5, 5.41) is 14.2. The molecule has 0 atom stereocenters. The fourth-order valence-electron chi connectivity index (χ4n) is 7.95. The molecular formula is C43H44F2N8O6. The second kappa shape index (κ2) is 15.7. The molecule has 14 nitrogen and oxygen atoms in total. The average molecular weight is 807 g/mol. The number of nitrogens with zero attached hydrogens (tertiary/aromatic N) is 7. The first-order chi connectivity index (χ1) is 28.2. The molecule has 1 saturated carbocycles. The minimum atomic E-state index is -0.726. The number of benzene rings is 2. The van der Waals surface area contributed by atoms with Gasteiger partial charge in [-0.2, -0.15) is 0 Å². The van der Waals surface area contributed by atoms with Crippen molar-refractivity contribution in [2.24, 2.45) is 0 Å². The molecule has 2 N–H and O–H groups in total. The predicted octanol–water partition coefficient (Wildman–Crippen LogP) is 5.81. The van der Waals surface area contributed by atoms with Crippen LogP contribution in [0.1, 0.15) is 68.5 Å². The van der Waals surface area contributed by atoms with Gasteiger partial charge in [-0.25, -0.2) is 32.9 Å². The lowest BCUT2D eigenvalue weighted by molar-refractivity contribution is 0.0139. The Balaban J connectivity index is 1.00. The van der Waals surface area contributed by atoms with Gasteiger partial charge in [-0.1, -0.05) is 24.3 Å². The topological polar surface area (TPSA) is 156 Å². The largest absolute Gasteiger partial charge is 0.507 e. The highest BCUT2D eigenvalue weighted by Gasteiger charge is 2.29. The van der Waals surface area contributed by atoms with Crippen LogP contribution in [0.25, 0.3) is 33.5 Å². The van der Waals surface area contributed by atoms with Crippen LogP contribution >= 0.6 is 0 Å². The summed E-state index contributed by atoms with van der Waals surface area (Å²) in [6.45, 7) is 8.46. The number of ether oxygens (including phenoxy) is 1. The van der Waals surface area contributed by atoms with Crippen molar-refractivity contribution in [2.45, 2.75) is 70.7 Å². The molecule has 2 amide bonds. The molecule has 0 bridgehead atoms. The van der Waals surface area contributed by atoms with Crippen LogP contribution in [-0.4, -0.2) is 88.2 Å². The first-order valence-corrected chi connectivity index (χ1v) is 19.6. The van der Waals surface area contributed by atoms with E-state index < -0.39 is 40.4 Å². The number of nitrogens with one attached hydrogen (secondary N) is 1. The molecule has 2 fully saturated rings. The van der Waals surface area contributed by atoms with E-state index in [4.69, 9.17) is 4.74 Å². The number of piperazine rings is 1. The fourth-order valence-corrected chi connectivity index (χ4v) is 7.95. The first kappa shape index (κ1) is 39.4. The number of amides is 2. The van der Waals surface area contributed by atoms with Crippen LogP contribution in [0.5, 0.6) is 5.75 Å². The zero-order chi connectivity index (χ0) is 41.6. The smallest absolute Gasteiger partial charge is 0.410 e. The number of halogens is 2. The van der Waals surface area contributed by atoms with E-state index in [2.05, 4.69) is 20.2 Å². The van der Waals surface area contributed by atoms with Crippen molar-refractivity contribution in [3.05, 3.63) is 123 Å². The van der Waals surface area contributed by atoms with E-state index in [1.807, 2.05) is 32.9 Å². The number of pyridine rings is 2. The molecule has 0 radical (unpaired) electrons. The number of hydrogen-bond donors (Lipinski definition) is 2. The van der Waals surface area contributed by atoms with Crippen molar-refractivity contribution in [1.82, 2.24) is 38.6 Å². The van der Waals surface area contributed by atoms with E-state index in [0.29, 0.717) is 80.9 Å². The third-order valence-electron chi connectivity index (χ3n) is 10.8. The van der Waals surface area contributed by atoms with E-state index in [1.54, 1.807) is 35.2 Å². The lowest BCUT2D eigenvalue weighted by atomic mass is 9.90. The molecule has 6 aromatic rings. The summed E-state index contributed by atoms with van der Waals surface area (Å²) in [4.78, 5) is 66.3. The van der Waals surface area contributed by atoms with Gasteiger partial charge in [0.25, 0.3) is 11.5 Å². The molecule has 4 aromatic heterocycles. The van der Waals surface area contributed by atoms with Gasteiger partial charge in [0, 0.05) is 62.8 Å². The van der Waals surface area contributed by atoms with Crippen molar-refractivity contribution in [1.29, 1.82) is 0 Å². The molecule has 1 aliphatic carbocycles. The fraction of sp³-hybridized carbons (Fsp3) is 0.349. The molecule has 1 aliphatic heterocycles. The Bertz CT molecular complexity index is 2710. The lowest BCUT2D eigenvalue weighted by Gasteiger charge is -2.35. The number of carbonyl (C=O) groups excluding carboxylic acids is 2. The maximum Gasteiger partial charge on any atom is 0.410 e. The van der Waals surface area contributed by atoms with Crippen LogP contribution in [0.4, 0.5) is 13.6 Å². The number of hydrogen-bond acceptors (Lipinski definition) is 9. The zero-order valence-electron chi connectivity index (χ0n) is 32.9. The molecular weight excluding hydrogens is 763 g/mol. The van der Waals surface area contributed by atoms with Crippen LogP contribution in [0.3, 0.4) is 0 Å². The van der Waals surface area contributed by atoms with Gasteiger partial charge >= 0.3 is 11.8 Å². The number of imidazole rings is 1. The summed E-state index contributed by atoms with van der Waals surface area (Å²) >= 11 is 0. The van der Waals surface area contributed by atoms with Gasteiger partial charge in [0.15, 0.2) is 5.65 Å². The van der Waals surface area contributed by atoms with Gasteiger partial charge in [0.2, 0.25) is 0 Å². The van der Waals surface area contributed by atoms with E-state index in [-0.39, 0.29) is 34.6 Å². The highest BCUT2D eigenvalue weighted by atomic mass is 19.1. The van der Waals surface area contributed by atoms with E-state index in [9.17, 15) is 33.1 Å². The Kier molecular flexibility index (Phi) is 10.5. The highest BCUT2D eigenvalue weighted by Crippen LogP contribution is 2.33. The molecule has 2 aromatic carbocycles. The number of phenols is 1. The summed E-state index contributed by atoms with van der Waals surface area (Å²) in [5.74, 6) is -1.56. The van der Waals surface area contributed by atoms with Crippen molar-refractivity contribution >= 4 is 28.7 Å². The van der Waals surface area contributed by atoms with E-state index >= 15 is 0 Å². The second-order valence-corrected chi connectivity index (χ2v) is 16.2. The van der Waals surface area contributed by atoms with Crippen LogP contribution in [0.15, 0.2) is 88.8 Å². The standard InChI is InChI=1S/C43H44F2N8O6/c1-43(2,3)59-42(58)50-17-15-49(16-18-50)23-26-7-13-33(36(54)19-26)27-5-4-6-32(20-27)52-38-34(21-29(45)22-46-38)40(56)53(41(52)57)31-11-9-30(10-12-31)47-39(55)35-25-51-24-28(44)8-14-37(51)48-35/h4-8,13-14,19-22,24-25,30-31,54H,9-12,15-18,23H2,1-3H3,(H,47,55)/t30-,31+. The van der Waals surface area contributed by atoms with Crippen molar-refractivity contribution < 1.29 is 28.2 Å². The van der Waals surface area contributed by atoms with Gasteiger partial charge in [0.1, 0.15) is 34.3 Å². The van der Waals surface area contributed by atoms with Gasteiger partial charge in [-0.3, -0.25) is 19.1 Å². The predicted molar refractivity (Wildman–Crippen MR) is 216 cm³/mol. The minimum absolute atomic E-state index is 0.00517. The summed E-state index contributed by atoms with van der Waals surface area (Å²) in [7, 11) is 0. The number of rotatable bonds is 7. The summed E-state index contributed by atoms with van der Waals surface area (Å²) < 4.78 is 37.7. The Morgan fingerprint density at radius 2 is 1.68 bits per heavy atom. The average Bonchev–Trinajstić information content (AvgIpc) is 3.62.